The summed E-state index contributed by atoms with van der Waals surface area (Å²) in [6, 6.07) is 8.50. The van der Waals surface area contributed by atoms with Gasteiger partial charge >= 0.3 is 5.97 Å². The lowest BCUT2D eigenvalue weighted by molar-refractivity contribution is -0.137. The number of benzene rings is 1. The molecule has 0 amide bonds. The lowest BCUT2D eigenvalue weighted by Crippen LogP contribution is -2.66. The first-order valence-corrected chi connectivity index (χ1v) is 10.6. The monoisotopic (exact) mass is 434 g/mol. The summed E-state index contributed by atoms with van der Waals surface area (Å²) >= 11 is 3.73. The number of hydrogen-bond donors (Lipinski definition) is 1. The van der Waals surface area contributed by atoms with Crippen LogP contribution in [0.25, 0.3) is 0 Å². The van der Waals surface area contributed by atoms with Crippen molar-refractivity contribution in [2.75, 3.05) is 25.5 Å². The smallest absolute Gasteiger partial charge is 0.335 e. The van der Waals surface area contributed by atoms with Gasteiger partial charge in [-0.2, -0.15) is 0 Å². The van der Waals surface area contributed by atoms with Crippen LogP contribution in [-0.4, -0.2) is 48.1 Å². The number of hydrogen-bond acceptors (Lipinski definition) is 4. The van der Waals surface area contributed by atoms with E-state index < -0.39 is 6.17 Å². The van der Waals surface area contributed by atoms with Crippen molar-refractivity contribution in [1.29, 1.82) is 0 Å². The normalized spacial score (nSPS) is 39.5. The lowest BCUT2D eigenvalue weighted by Gasteiger charge is -2.58. The Bertz CT molecular complexity index is 858. The molecule has 0 saturated carbocycles. The van der Waals surface area contributed by atoms with Gasteiger partial charge in [-0.05, 0) is 37.4 Å². The number of para-hydroxylation sites is 1. The van der Waals surface area contributed by atoms with Crippen LogP contribution >= 0.6 is 15.9 Å². The van der Waals surface area contributed by atoms with Gasteiger partial charge in [-0.15, -0.1) is 0 Å². The fourth-order valence-electron chi connectivity index (χ4n) is 6.45. The third-order valence-electron chi connectivity index (χ3n) is 7.46. The van der Waals surface area contributed by atoms with E-state index in [1.165, 1.54) is 12.7 Å². The van der Waals surface area contributed by atoms with Gasteiger partial charge in [-0.3, -0.25) is 4.90 Å². The summed E-state index contributed by atoms with van der Waals surface area (Å²) < 4.78 is 20.2. The quantitative estimate of drug-likeness (QED) is 0.568. The first-order chi connectivity index (χ1) is 13.0. The Labute approximate surface area is 167 Å². The number of halogens is 2. The van der Waals surface area contributed by atoms with Crippen LogP contribution in [0.1, 0.15) is 31.7 Å². The maximum absolute atomic E-state index is 15.0. The number of piperidine rings is 1. The van der Waals surface area contributed by atoms with Crippen LogP contribution < -0.4 is 5.32 Å². The van der Waals surface area contributed by atoms with E-state index in [-0.39, 0.29) is 27.7 Å². The molecule has 4 aliphatic rings. The Morgan fingerprint density at radius 3 is 2.96 bits per heavy atom. The molecule has 5 atom stereocenters. The predicted octanol–water partition coefficient (Wildman–Crippen LogP) is 3.77. The molecule has 2 saturated heterocycles. The third-order valence-corrected chi connectivity index (χ3v) is 8.94. The molecule has 27 heavy (non-hydrogen) atoms. The molecular formula is C21H24BrFN2O2. The Morgan fingerprint density at radius 2 is 2.22 bits per heavy atom. The third kappa shape index (κ3) is 1.98. The summed E-state index contributed by atoms with van der Waals surface area (Å²) in [7, 11) is 1.43. The van der Waals surface area contributed by atoms with Crippen molar-refractivity contribution < 1.29 is 13.9 Å². The Balaban J connectivity index is 1.82. The van der Waals surface area contributed by atoms with Crippen LogP contribution in [-0.2, 0) is 14.9 Å². The van der Waals surface area contributed by atoms with Crippen molar-refractivity contribution in [3.8, 4) is 0 Å². The van der Waals surface area contributed by atoms with Crippen molar-refractivity contribution in [2.45, 2.75) is 48.6 Å². The van der Waals surface area contributed by atoms with Crippen LogP contribution in [0.2, 0.25) is 0 Å². The number of carbonyl (C=O) groups excluding carboxylic acids is 1. The van der Waals surface area contributed by atoms with E-state index in [4.69, 9.17) is 4.74 Å². The minimum atomic E-state index is -0.943. The Hall–Kier alpha value is -1.40. The summed E-state index contributed by atoms with van der Waals surface area (Å²) in [5.41, 5.74) is 3.34. The van der Waals surface area contributed by atoms with E-state index in [0.29, 0.717) is 18.5 Å². The second-order valence-corrected chi connectivity index (χ2v) is 9.30. The largest absolute Gasteiger partial charge is 0.466 e. The number of ether oxygens (including phenoxy) is 1. The molecule has 0 bridgehead atoms. The van der Waals surface area contributed by atoms with Gasteiger partial charge in [0.15, 0.2) is 0 Å². The Morgan fingerprint density at radius 1 is 1.44 bits per heavy atom. The van der Waals surface area contributed by atoms with Crippen molar-refractivity contribution in [3.63, 3.8) is 0 Å². The number of fused-ring (bicyclic) bond motifs is 1. The van der Waals surface area contributed by atoms with Crippen molar-refractivity contribution in [2.24, 2.45) is 5.41 Å². The molecule has 2 fully saturated rings. The van der Waals surface area contributed by atoms with Crippen molar-refractivity contribution in [1.82, 2.24) is 4.90 Å². The Kier molecular flexibility index (Phi) is 3.80. The van der Waals surface area contributed by atoms with Crippen LogP contribution in [0.3, 0.4) is 0 Å². The molecule has 4 nitrogen and oxygen atoms in total. The standard InChI is InChI=1S/C21H24BrFN2O2/c1-3-20-10-12(18(26)27-2)17-21(13-6-4-5-7-15(13)24-17)8-9-25(19(20)21)11-14(23)16(20)22/h4-7,14,16,19,24H,3,8-11H2,1-2H3/t14-,16-,19+,20-,21+/m1/s1. The van der Waals surface area contributed by atoms with Gasteiger partial charge in [0.2, 0.25) is 0 Å². The van der Waals surface area contributed by atoms with Gasteiger partial charge in [-0.25, -0.2) is 9.18 Å². The first kappa shape index (κ1) is 17.7. The summed E-state index contributed by atoms with van der Waals surface area (Å²) in [6.07, 6.45) is 1.29. The maximum Gasteiger partial charge on any atom is 0.335 e. The van der Waals surface area contributed by atoms with E-state index in [0.717, 1.165) is 30.8 Å². The molecule has 1 aliphatic carbocycles. The van der Waals surface area contributed by atoms with Crippen LogP contribution in [0.4, 0.5) is 10.1 Å². The van der Waals surface area contributed by atoms with E-state index in [2.05, 4.69) is 51.3 Å². The van der Waals surface area contributed by atoms with Gasteiger partial charge in [0.1, 0.15) is 6.17 Å². The van der Waals surface area contributed by atoms with Crippen LogP contribution in [0, 0.1) is 5.41 Å². The second-order valence-electron chi connectivity index (χ2n) is 8.32. The molecule has 1 aromatic carbocycles. The highest BCUT2D eigenvalue weighted by molar-refractivity contribution is 9.09. The molecule has 0 aromatic heterocycles. The molecular weight excluding hydrogens is 411 g/mol. The minimum Gasteiger partial charge on any atom is -0.466 e. The predicted molar refractivity (Wildman–Crippen MR) is 106 cm³/mol. The number of alkyl halides is 2. The number of methoxy groups -OCH3 is 1. The van der Waals surface area contributed by atoms with E-state index in [1.807, 2.05) is 6.07 Å². The number of carbonyl (C=O) groups is 1. The summed E-state index contributed by atoms with van der Waals surface area (Å²) in [5, 5.41) is 3.56. The summed E-state index contributed by atoms with van der Waals surface area (Å²) in [4.78, 5) is 14.9. The number of nitrogens with zero attached hydrogens (tertiary/aromatic N) is 1. The number of anilines is 1. The molecule has 1 aromatic rings. The van der Waals surface area contributed by atoms with Crippen LogP contribution in [0.15, 0.2) is 35.5 Å². The summed E-state index contributed by atoms with van der Waals surface area (Å²) in [5.74, 6) is -0.296. The fraction of sp³-hybridized carbons (Fsp3) is 0.571. The molecule has 3 aliphatic heterocycles. The highest BCUT2D eigenvalue weighted by Crippen LogP contribution is 2.66. The second kappa shape index (κ2) is 5.80. The molecule has 1 spiro atoms. The number of nitrogens with one attached hydrogen (secondary N) is 1. The van der Waals surface area contributed by atoms with Crippen LogP contribution in [0.5, 0.6) is 0 Å². The van der Waals surface area contributed by atoms with Gasteiger partial charge in [-0.1, -0.05) is 41.1 Å². The highest BCUT2D eigenvalue weighted by atomic mass is 79.9. The van der Waals surface area contributed by atoms with Gasteiger partial charge in [0.05, 0.1) is 22.9 Å². The van der Waals surface area contributed by atoms with E-state index in [1.54, 1.807) is 0 Å². The average molecular weight is 435 g/mol. The van der Waals surface area contributed by atoms with Crippen molar-refractivity contribution in [3.05, 3.63) is 41.1 Å². The maximum atomic E-state index is 15.0. The summed E-state index contributed by atoms with van der Waals surface area (Å²) in [6.45, 7) is 3.43. The molecule has 144 valence electrons. The zero-order valence-corrected chi connectivity index (χ0v) is 17.2. The molecule has 5 rings (SSSR count). The molecule has 3 heterocycles. The van der Waals surface area contributed by atoms with E-state index in [9.17, 15) is 4.79 Å². The topological polar surface area (TPSA) is 41.6 Å². The van der Waals surface area contributed by atoms with Gasteiger partial charge in [0, 0.05) is 29.4 Å². The van der Waals surface area contributed by atoms with Gasteiger partial charge in [0.25, 0.3) is 0 Å². The number of esters is 1. The highest BCUT2D eigenvalue weighted by Gasteiger charge is 2.69. The molecule has 1 N–H and O–H groups in total. The zero-order valence-electron chi connectivity index (χ0n) is 15.6. The number of rotatable bonds is 2. The molecule has 0 radical (unpaired) electrons. The first-order valence-electron chi connectivity index (χ1n) is 9.70. The average Bonchev–Trinajstić information content (AvgIpc) is 3.24. The molecule has 0 unspecified atom stereocenters. The lowest BCUT2D eigenvalue weighted by atomic mass is 9.53. The molecule has 6 heteroatoms. The minimum absolute atomic E-state index is 0.172. The van der Waals surface area contributed by atoms with Crippen molar-refractivity contribution >= 4 is 27.6 Å². The zero-order chi connectivity index (χ0) is 19.0. The SMILES string of the molecule is CC[C@@]12CC(C(=O)OC)=C3Nc4ccccc4[C@@]34CCN(C[C@@H](F)[C@H]1Br)[C@@H]24. The fourth-order valence-corrected chi connectivity index (χ4v) is 7.35. The van der Waals surface area contributed by atoms with E-state index >= 15 is 4.39 Å². The van der Waals surface area contributed by atoms with Gasteiger partial charge < -0.3 is 10.1 Å².